The molecule has 0 radical (unpaired) electrons. The number of rotatable bonds is 5. The number of carbonyl (C=O) groups is 2. The normalized spacial score (nSPS) is 17.0. The number of esters is 2. The molecule has 0 N–H and O–H groups in total. The molecule has 2 rings (SSSR count). The Bertz CT molecular complexity index is 635. The molecule has 1 heterocycles. The van der Waals surface area contributed by atoms with Gasteiger partial charge in [0, 0.05) is 17.2 Å². The summed E-state index contributed by atoms with van der Waals surface area (Å²) >= 11 is 0. The second-order valence-corrected chi connectivity index (χ2v) is 6.65. The lowest BCUT2D eigenvalue weighted by molar-refractivity contribution is -0.155. The molecule has 1 aromatic rings. The van der Waals surface area contributed by atoms with Crippen LogP contribution in [0.15, 0.2) is 0 Å². The number of carbonyl (C=O) groups excluding carboxylic acids is 2. The van der Waals surface area contributed by atoms with E-state index < -0.39 is 29.9 Å². The van der Waals surface area contributed by atoms with Gasteiger partial charge in [0.05, 0.1) is 6.61 Å². The van der Waals surface area contributed by atoms with Gasteiger partial charge in [-0.25, -0.2) is 13.6 Å². The van der Waals surface area contributed by atoms with Crippen molar-refractivity contribution >= 4 is 11.9 Å². The predicted molar refractivity (Wildman–Crippen MR) is 81.1 cm³/mol. The molecule has 6 nitrogen and oxygen atoms in total. The zero-order chi connectivity index (χ0) is 18.1. The van der Waals surface area contributed by atoms with Crippen LogP contribution < -0.4 is 0 Å². The molecule has 8 heteroatoms. The highest BCUT2D eigenvalue weighted by atomic mass is 19.3. The number of halogens is 2. The van der Waals surface area contributed by atoms with Crippen LogP contribution in [0.25, 0.3) is 0 Å². The third-order valence-corrected chi connectivity index (χ3v) is 3.63. The van der Waals surface area contributed by atoms with Crippen molar-refractivity contribution in [1.29, 1.82) is 0 Å². The molecule has 24 heavy (non-hydrogen) atoms. The number of nitrogens with zero attached hydrogens (tertiary/aromatic N) is 2. The highest BCUT2D eigenvalue weighted by molar-refractivity contribution is 5.90. The first-order chi connectivity index (χ1) is 11.1. The summed E-state index contributed by atoms with van der Waals surface area (Å²) in [6, 6.07) is 0. The van der Waals surface area contributed by atoms with Crippen molar-refractivity contribution in [2.75, 3.05) is 6.61 Å². The second-order valence-electron chi connectivity index (χ2n) is 6.65. The Balaban J connectivity index is 2.34. The molecule has 0 amide bonds. The van der Waals surface area contributed by atoms with E-state index in [4.69, 9.17) is 9.47 Å². The summed E-state index contributed by atoms with van der Waals surface area (Å²) in [6.07, 6.45) is -2.05. The number of hydrogen-bond acceptors (Lipinski definition) is 5. The smallest absolute Gasteiger partial charge is 0.359 e. The summed E-state index contributed by atoms with van der Waals surface area (Å²) in [5, 5.41) is 4.06. The number of alkyl halides is 2. The van der Waals surface area contributed by atoms with Gasteiger partial charge in [-0.15, -0.1) is 0 Å². The van der Waals surface area contributed by atoms with Crippen LogP contribution in [0.4, 0.5) is 8.78 Å². The lowest BCUT2D eigenvalue weighted by atomic mass is 10.0. The third-order valence-electron chi connectivity index (χ3n) is 3.63. The van der Waals surface area contributed by atoms with Gasteiger partial charge in [0.1, 0.15) is 12.1 Å². The molecule has 0 spiro atoms. The van der Waals surface area contributed by atoms with E-state index in [9.17, 15) is 18.4 Å². The van der Waals surface area contributed by atoms with Gasteiger partial charge in [-0.1, -0.05) is 0 Å². The minimum atomic E-state index is -2.60. The van der Waals surface area contributed by atoms with Crippen molar-refractivity contribution in [3.8, 4) is 0 Å². The van der Waals surface area contributed by atoms with Gasteiger partial charge < -0.3 is 9.47 Å². The van der Waals surface area contributed by atoms with E-state index in [1.54, 1.807) is 27.7 Å². The van der Waals surface area contributed by atoms with Crippen molar-refractivity contribution in [3.05, 3.63) is 17.0 Å². The highest BCUT2D eigenvalue weighted by Gasteiger charge is 2.39. The summed E-state index contributed by atoms with van der Waals surface area (Å²) < 4.78 is 37.9. The average molecular weight is 344 g/mol. The Kier molecular flexibility index (Phi) is 5.25. The Morgan fingerprint density at radius 3 is 2.58 bits per heavy atom. The number of ether oxygens (including phenoxy) is 2. The largest absolute Gasteiger partial charge is 0.461 e. The SMILES string of the molecule is CCOC(=O)c1nn(CC(=O)OC(C)(C)C)c2c1C(C(F)F)CC2. The predicted octanol–water partition coefficient (Wildman–Crippen LogP) is 2.70. The van der Waals surface area contributed by atoms with Crippen molar-refractivity contribution in [2.45, 2.75) is 65.0 Å². The van der Waals surface area contributed by atoms with E-state index in [0.29, 0.717) is 12.1 Å². The minimum absolute atomic E-state index is 0.117. The van der Waals surface area contributed by atoms with E-state index in [1.807, 2.05) is 0 Å². The molecule has 1 aliphatic carbocycles. The van der Waals surface area contributed by atoms with Crippen LogP contribution >= 0.6 is 0 Å². The zero-order valence-electron chi connectivity index (χ0n) is 14.3. The van der Waals surface area contributed by atoms with Crippen LogP contribution in [0.5, 0.6) is 0 Å². The maximum absolute atomic E-state index is 13.3. The lowest BCUT2D eigenvalue weighted by Crippen LogP contribution is -2.27. The van der Waals surface area contributed by atoms with Gasteiger partial charge >= 0.3 is 11.9 Å². The fraction of sp³-hybridized carbons (Fsp3) is 0.688. The van der Waals surface area contributed by atoms with Crippen molar-refractivity contribution in [1.82, 2.24) is 9.78 Å². The van der Waals surface area contributed by atoms with Crippen LogP contribution in [0.2, 0.25) is 0 Å². The Hall–Kier alpha value is -1.99. The monoisotopic (exact) mass is 344 g/mol. The quantitative estimate of drug-likeness (QED) is 0.768. The van der Waals surface area contributed by atoms with Gasteiger partial charge in [-0.2, -0.15) is 5.10 Å². The topological polar surface area (TPSA) is 70.4 Å². The summed E-state index contributed by atoms with van der Waals surface area (Å²) in [5.74, 6) is -2.35. The number of fused-ring (bicyclic) bond motifs is 1. The zero-order valence-corrected chi connectivity index (χ0v) is 14.3. The summed E-state index contributed by atoms with van der Waals surface area (Å²) in [7, 11) is 0. The van der Waals surface area contributed by atoms with E-state index in [2.05, 4.69) is 5.10 Å². The fourth-order valence-electron chi connectivity index (χ4n) is 2.83. The Labute approximate surface area is 139 Å². The summed E-state index contributed by atoms with van der Waals surface area (Å²) in [5.41, 5.74) is -0.109. The van der Waals surface area contributed by atoms with Gasteiger partial charge in [-0.3, -0.25) is 9.48 Å². The molecule has 0 saturated carbocycles. The average Bonchev–Trinajstić information content (AvgIpc) is 2.98. The molecular formula is C16H22F2N2O4. The Morgan fingerprint density at radius 1 is 1.38 bits per heavy atom. The third kappa shape index (κ3) is 3.91. The van der Waals surface area contributed by atoms with Crippen LogP contribution in [-0.4, -0.2) is 40.4 Å². The molecule has 0 bridgehead atoms. The molecule has 0 saturated heterocycles. The molecule has 0 aliphatic heterocycles. The van der Waals surface area contributed by atoms with E-state index in [0.717, 1.165) is 0 Å². The van der Waals surface area contributed by atoms with E-state index in [1.165, 1.54) is 4.68 Å². The molecule has 134 valence electrons. The molecule has 1 atom stereocenters. The summed E-state index contributed by atoms with van der Waals surface area (Å²) in [6.45, 7) is 6.71. The van der Waals surface area contributed by atoms with Crippen LogP contribution in [0.1, 0.15) is 61.8 Å². The van der Waals surface area contributed by atoms with Crippen molar-refractivity contribution in [2.24, 2.45) is 0 Å². The highest BCUT2D eigenvalue weighted by Crippen LogP contribution is 2.39. The van der Waals surface area contributed by atoms with Gasteiger partial charge in [-0.05, 0) is 40.5 Å². The molecule has 0 fully saturated rings. The first-order valence-electron chi connectivity index (χ1n) is 7.90. The lowest BCUT2D eigenvalue weighted by Gasteiger charge is -2.19. The van der Waals surface area contributed by atoms with Gasteiger partial charge in [0.2, 0.25) is 6.43 Å². The number of hydrogen-bond donors (Lipinski definition) is 0. The molecule has 0 aromatic carbocycles. The second kappa shape index (κ2) is 6.86. The Morgan fingerprint density at radius 2 is 2.04 bits per heavy atom. The molecular weight excluding hydrogens is 322 g/mol. The van der Waals surface area contributed by atoms with Crippen molar-refractivity contribution in [3.63, 3.8) is 0 Å². The maximum Gasteiger partial charge on any atom is 0.359 e. The van der Waals surface area contributed by atoms with Crippen LogP contribution in [0.3, 0.4) is 0 Å². The molecule has 1 aromatic heterocycles. The van der Waals surface area contributed by atoms with Gasteiger partial charge in [0.25, 0.3) is 0 Å². The summed E-state index contributed by atoms with van der Waals surface area (Å²) in [4.78, 5) is 24.0. The van der Waals surface area contributed by atoms with Crippen LogP contribution in [0, 0.1) is 0 Å². The van der Waals surface area contributed by atoms with Crippen LogP contribution in [-0.2, 0) is 27.2 Å². The van der Waals surface area contributed by atoms with E-state index in [-0.39, 0.29) is 30.8 Å². The first kappa shape index (κ1) is 18.4. The first-order valence-corrected chi connectivity index (χ1v) is 7.90. The fourth-order valence-corrected chi connectivity index (χ4v) is 2.83. The minimum Gasteiger partial charge on any atom is -0.461 e. The number of aromatic nitrogens is 2. The van der Waals surface area contributed by atoms with Gasteiger partial charge in [0.15, 0.2) is 5.69 Å². The molecule has 1 unspecified atom stereocenters. The van der Waals surface area contributed by atoms with E-state index >= 15 is 0 Å². The maximum atomic E-state index is 13.3. The standard InChI is InChI=1S/C16H22F2N2O4/c1-5-23-15(22)13-12-9(14(17)18)6-7-10(12)20(19-13)8-11(21)24-16(2,3)4/h9,14H,5-8H2,1-4H3. The molecule has 1 aliphatic rings. The van der Waals surface area contributed by atoms with Crippen molar-refractivity contribution < 1.29 is 27.8 Å².